The van der Waals surface area contributed by atoms with Crippen LogP contribution in [0.15, 0.2) is 53.4 Å². The van der Waals surface area contributed by atoms with Crippen molar-refractivity contribution in [1.29, 1.82) is 0 Å². The highest BCUT2D eigenvalue weighted by Crippen LogP contribution is 2.60. The van der Waals surface area contributed by atoms with Crippen molar-refractivity contribution in [2.24, 2.45) is 17.8 Å². The molecule has 7 nitrogen and oxygen atoms in total. The van der Waals surface area contributed by atoms with Crippen LogP contribution in [0.1, 0.15) is 49.7 Å². The van der Waals surface area contributed by atoms with Crippen LogP contribution in [0.2, 0.25) is 0 Å². The molecule has 4 saturated carbocycles. The molecule has 7 rings (SSSR count). The molecule has 0 aromatic heterocycles. The molecule has 1 amide bonds. The van der Waals surface area contributed by atoms with Gasteiger partial charge in [0, 0.05) is 26.2 Å². The maximum absolute atomic E-state index is 12.4. The van der Waals surface area contributed by atoms with Crippen LogP contribution in [0.25, 0.3) is 0 Å². The maximum Gasteiger partial charge on any atom is 0.294 e. The zero-order valence-corrected chi connectivity index (χ0v) is 23.3. The molecule has 1 aliphatic heterocycles. The first-order valence-corrected chi connectivity index (χ1v) is 15.3. The van der Waals surface area contributed by atoms with E-state index in [9.17, 15) is 13.2 Å². The number of ether oxygens (including phenoxy) is 1. The second-order valence-corrected chi connectivity index (χ2v) is 13.4. The highest BCUT2D eigenvalue weighted by molar-refractivity contribution is 7.85. The van der Waals surface area contributed by atoms with Crippen LogP contribution < -0.4 is 4.74 Å². The smallest absolute Gasteiger partial charge is 0.294 e. The fourth-order valence-electron chi connectivity index (χ4n) is 7.37. The molecule has 2 aromatic carbocycles. The van der Waals surface area contributed by atoms with Crippen molar-refractivity contribution in [2.75, 3.05) is 39.8 Å². The molecule has 0 spiro atoms. The summed E-state index contributed by atoms with van der Waals surface area (Å²) in [5.41, 5.74) is 2.90. The Morgan fingerprint density at radius 3 is 1.92 bits per heavy atom. The van der Waals surface area contributed by atoms with E-state index < -0.39 is 10.1 Å². The zero-order valence-electron chi connectivity index (χ0n) is 22.5. The molecule has 1 saturated heterocycles. The SMILES string of the molecule is CN1CCN(C(=O)COc2ccc(C34CC5CC(CC(C5)C3)C4)cc2)CC1.Cc1ccc(S(=O)(=O)O)cc1. The summed E-state index contributed by atoms with van der Waals surface area (Å²) in [6.07, 6.45) is 8.61. The fourth-order valence-corrected chi connectivity index (χ4v) is 7.85. The number of carbonyl (C=O) groups excluding carboxylic acids is 1. The number of hydrogen-bond donors (Lipinski definition) is 1. The van der Waals surface area contributed by atoms with Gasteiger partial charge in [-0.3, -0.25) is 9.35 Å². The van der Waals surface area contributed by atoms with Crippen LogP contribution in [0.3, 0.4) is 0 Å². The standard InChI is InChI=1S/C23H32N2O2.C7H8O3S/c1-24-6-8-25(9-7-24)22(26)16-27-21-4-2-20(3-5-21)23-13-17-10-18(14-23)12-19(11-17)15-23;1-6-2-4-7(5-3-6)11(8,9)10/h2-5,17-19H,6-16H2,1H3;2-5H,1H3,(H,8,9,10). The highest BCUT2D eigenvalue weighted by atomic mass is 32.2. The predicted octanol–water partition coefficient (Wildman–Crippen LogP) is 4.55. The summed E-state index contributed by atoms with van der Waals surface area (Å²) in [4.78, 5) is 16.5. The molecule has 38 heavy (non-hydrogen) atoms. The number of piperazine rings is 1. The second kappa shape index (κ2) is 11.0. The average molecular weight is 541 g/mol. The first-order chi connectivity index (χ1) is 18.1. The molecule has 206 valence electrons. The monoisotopic (exact) mass is 540 g/mol. The molecular weight excluding hydrogens is 500 g/mol. The van der Waals surface area contributed by atoms with Gasteiger partial charge in [0.05, 0.1) is 4.90 Å². The molecule has 1 N–H and O–H groups in total. The van der Waals surface area contributed by atoms with E-state index in [1.165, 1.54) is 56.2 Å². The van der Waals surface area contributed by atoms with Crippen molar-refractivity contribution in [3.8, 4) is 5.75 Å². The maximum atomic E-state index is 12.4. The van der Waals surface area contributed by atoms with Gasteiger partial charge < -0.3 is 14.5 Å². The van der Waals surface area contributed by atoms with Gasteiger partial charge in [-0.05, 0) is 105 Å². The third-order valence-corrected chi connectivity index (χ3v) is 9.91. The van der Waals surface area contributed by atoms with E-state index in [2.05, 4.69) is 36.2 Å². The molecule has 0 unspecified atom stereocenters. The molecule has 5 aliphatic rings. The topological polar surface area (TPSA) is 87.2 Å². The van der Waals surface area contributed by atoms with E-state index in [4.69, 9.17) is 9.29 Å². The molecule has 5 fully saturated rings. The highest BCUT2D eigenvalue weighted by Gasteiger charge is 2.51. The molecule has 1 heterocycles. The Morgan fingerprint density at radius 2 is 1.42 bits per heavy atom. The minimum atomic E-state index is -4.02. The van der Waals surface area contributed by atoms with E-state index in [0.717, 1.165) is 55.2 Å². The van der Waals surface area contributed by atoms with E-state index in [1.54, 1.807) is 12.1 Å². The predicted molar refractivity (Wildman–Crippen MR) is 147 cm³/mol. The summed E-state index contributed by atoms with van der Waals surface area (Å²) >= 11 is 0. The van der Waals surface area contributed by atoms with Gasteiger partial charge in [-0.15, -0.1) is 0 Å². The largest absolute Gasteiger partial charge is 0.484 e. The molecule has 4 aliphatic carbocycles. The van der Waals surface area contributed by atoms with Crippen LogP contribution in [0.4, 0.5) is 0 Å². The third kappa shape index (κ3) is 6.24. The number of hydrogen-bond acceptors (Lipinski definition) is 5. The van der Waals surface area contributed by atoms with Gasteiger partial charge in [-0.2, -0.15) is 8.42 Å². The Hall–Kier alpha value is -2.42. The van der Waals surface area contributed by atoms with Crippen molar-refractivity contribution in [3.05, 3.63) is 59.7 Å². The number of benzene rings is 2. The van der Waals surface area contributed by atoms with Gasteiger partial charge in [-0.1, -0.05) is 29.8 Å². The third-order valence-electron chi connectivity index (χ3n) is 9.04. The van der Waals surface area contributed by atoms with Gasteiger partial charge in [0.25, 0.3) is 16.0 Å². The van der Waals surface area contributed by atoms with E-state index in [0.29, 0.717) is 5.41 Å². The Balaban J connectivity index is 0.000000226. The molecular formula is C30H40N2O5S. The summed E-state index contributed by atoms with van der Waals surface area (Å²) < 4.78 is 35.4. The number of likely N-dealkylation sites (N-methyl/N-ethyl adjacent to an activating group) is 1. The van der Waals surface area contributed by atoms with Crippen LogP contribution in [-0.2, 0) is 20.3 Å². The summed E-state index contributed by atoms with van der Waals surface area (Å²) in [5, 5.41) is 0. The Morgan fingerprint density at radius 1 is 0.895 bits per heavy atom. The average Bonchev–Trinajstić information content (AvgIpc) is 2.87. The van der Waals surface area contributed by atoms with E-state index in [-0.39, 0.29) is 17.4 Å². The lowest BCUT2D eigenvalue weighted by atomic mass is 9.48. The number of aryl methyl sites for hydroxylation is 1. The van der Waals surface area contributed by atoms with Crippen LogP contribution in [-0.4, -0.2) is 68.5 Å². The molecule has 2 aromatic rings. The Labute approximate surface area is 226 Å². The lowest BCUT2D eigenvalue weighted by Gasteiger charge is -2.57. The van der Waals surface area contributed by atoms with Gasteiger partial charge in [0.1, 0.15) is 5.75 Å². The van der Waals surface area contributed by atoms with Crippen molar-refractivity contribution < 1.29 is 22.5 Å². The van der Waals surface area contributed by atoms with Crippen LogP contribution in [0, 0.1) is 24.7 Å². The summed E-state index contributed by atoms with van der Waals surface area (Å²) in [5.74, 6) is 3.83. The second-order valence-electron chi connectivity index (χ2n) is 12.0. The van der Waals surface area contributed by atoms with Crippen molar-refractivity contribution >= 4 is 16.0 Å². The summed E-state index contributed by atoms with van der Waals surface area (Å²) in [6.45, 7) is 5.51. The normalized spacial score (nSPS) is 28.5. The lowest BCUT2D eigenvalue weighted by molar-refractivity contribution is -0.134. The van der Waals surface area contributed by atoms with Gasteiger partial charge in [0.15, 0.2) is 6.61 Å². The first kappa shape index (κ1) is 27.2. The molecule has 0 atom stereocenters. The van der Waals surface area contributed by atoms with Crippen LogP contribution in [0.5, 0.6) is 5.75 Å². The Kier molecular flexibility index (Phi) is 7.85. The van der Waals surface area contributed by atoms with Crippen molar-refractivity contribution in [2.45, 2.75) is 55.8 Å². The van der Waals surface area contributed by atoms with E-state index >= 15 is 0 Å². The van der Waals surface area contributed by atoms with Gasteiger partial charge in [0.2, 0.25) is 0 Å². The van der Waals surface area contributed by atoms with Gasteiger partial charge >= 0.3 is 0 Å². The van der Waals surface area contributed by atoms with Crippen LogP contribution >= 0.6 is 0 Å². The number of carbonyl (C=O) groups is 1. The molecule has 0 radical (unpaired) electrons. The first-order valence-electron chi connectivity index (χ1n) is 13.8. The van der Waals surface area contributed by atoms with Crippen molar-refractivity contribution in [3.63, 3.8) is 0 Å². The minimum Gasteiger partial charge on any atom is -0.484 e. The fraction of sp³-hybridized carbons (Fsp3) is 0.567. The number of rotatable bonds is 5. The zero-order chi connectivity index (χ0) is 26.9. The number of amides is 1. The number of nitrogens with zero attached hydrogens (tertiary/aromatic N) is 2. The molecule has 4 bridgehead atoms. The lowest BCUT2D eigenvalue weighted by Crippen LogP contribution is -2.48. The quantitative estimate of drug-likeness (QED) is 0.560. The summed E-state index contributed by atoms with van der Waals surface area (Å²) in [7, 11) is -1.92. The molecule has 8 heteroatoms. The summed E-state index contributed by atoms with van der Waals surface area (Å²) in [6, 6.07) is 14.7. The van der Waals surface area contributed by atoms with Crippen molar-refractivity contribution in [1.82, 2.24) is 9.80 Å². The Bertz CT molecular complexity index is 1180. The van der Waals surface area contributed by atoms with E-state index in [1.807, 2.05) is 11.8 Å². The minimum absolute atomic E-state index is 0.0666. The van der Waals surface area contributed by atoms with Gasteiger partial charge in [-0.25, -0.2) is 0 Å².